The number of amides is 1. The normalized spacial score (nSPS) is 12.0. The minimum Gasteiger partial charge on any atom is -0.383 e. The molecule has 142 valence electrons. The molecule has 0 heterocycles. The molecule has 0 aromatic heterocycles. The first-order chi connectivity index (χ1) is 11.5. The molecule has 6 nitrogen and oxygen atoms in total. The van der Waals surface area contributed by atoms with Crippen molar-refractivity contribution < 1.29 is 17.9 Å². The maximum absolute atomic E-state index is 13.0. The number of sulfonamides is 1. The summed E-state index contributed by atoms with van der Waals surface area (Å²) in [4.78, 5) is 14.9. The van der Waals surface area contributed by atoms with E-state index >= 15 is 0 Å². The van der Waals surface area contributed by atoms with E-state index in [0.717, 1.165) is 5.56 Å². The summed E-state index contributed by atoms with van der Waals surface area (Å²) >= 11 is 0. The lowest BCUT2D eigenvalue weighted by Gasteiger charge is -2.25. The molecule has 0 aliphatic rings. The van der Waals surface area contributed by atoms with Crippen LogP contribution in [0.15, 0.2) is 17.0 Å². The van der Waals surface area contributed by atoms with E-state index < -0.39 is 10.0 Å². The Balaban J connectivity index is 3.36. The minimum atomic E-state index is -3.61. The second-order valence-electron chi connectivity index (χ2n) is 6.84. The lowest BCUT2D eigenvalue weighted by atomic mass is 10.0. The van der Waals surface area contributed by atoms with Crippen LogP contribution in [-0.4, -0.2) is 64.4 Å². The van der Waals surface area contributed by atoms with Crippen LogP contribution in [0.2, 0.25) is 0 Å². The second kappa shape index (κ2) is 8.78. The van der Waals surface area contributed by atoms with Crippen molar-refractivity contribution in [1.29, 1.82) is 0 Å². The highest BCUT2D eigenvalue weighted by atomic mass is 32.2. The average Bonchev–Trinajstić information content (AvgIpc) is 2.52. The number of aryl methyl sites for hydroxylation is 1. The van der Waals surface area contributed by atoms with Crippen molar-refractivity contribution >= 4 is 15.9 Å². The molecule has 1 aromatic carbocycles. The summed E-state index contributed by atoms with van der Waals surface area (Å²) in [6.07, 6.45) is 0. The summed E-state index contributed by atoms with van der Waals surface area (Å²) in [6.45, 7) is 9.15. The third kappa shape index (κ3) is 5.26. The van der Waals surface area contributed by atoms with Gasteiger partial charge in [-0.2, -0.15) is 0 Å². The van der Waals surface area contributed by atoms with E-state index in [1.54, 1.807) is 25.0 Å². The van der Waals surface area contributed by atoms with Gasteiger partial charge < -0.3 is 9.64 Å². The number of ether oxygens (including phenoxy) is 1. The number of hydrogen-bond acceptors (Lipinski definition) is 4. The Morgan fingerprint density at radius 2 is 1.80 bits per heavy atom. The Labute approximate surface area is 151 Å². The summed E-state index contributed by atoms with van der Waals surface area (Å²) < 4.78 is 31.4. The molecule has 0 bridgehead atoms. The number of nitrogens with zero attached hydrogens (tertiary/aromatic N) is 2. The van der Waals surface area contributed by atoms with Crippen molar-refractivity contribution in [2.75, 3.05) is 40.9 Å². The molecule has 0 N–H and O–H groups in total. The van der Waals surface area contributed by atoms with E-state index in [-0.39, 0.29) is 10.8 Å². The van der Waals surface area contributed by atoms with E-state index in [1.807, 2.05) is 20.8 Å². The Kier molecular flexibility index (Phi) is 7.59. The molecule has 0 saturated heterocycles. The van der Waals surface area contributed by atoms with E-state index in [1.165, 1.54) is 24.5 Å². The van der Waals surface area contributed by atoms with Crippen molar-refractivity contribution in [3.8, 4) is 0 Å². The molecule has 0 atom stereocenters. The molecule has 0 spiro atoms. The van der Waals surface area contributed by atoms with Gasteiger partial charge in [0.15, 0.2) is 0 Å². The summed E-state index contributed by atoms with van der Waals surface area (Å²) in [7, 11) is 0.956. The van der Waals surface area contributed by atoms with E-state index in [2.05, 4.69) is 0 Å². The van der Waals surface area contributed by atoms with Crippen LogP contribution < -0.4 is 0 Å². The SMILES string of the molecule is COCCN(CC(C)C)C(=O)c1cc(C)c(C)c(S(=O)(=O)N(C)C)c1. The minimum absolute atomic E-state index is 0.177. The standard InChI is InChI=1S/C18H30N2O4S/c1-13(2)12-20(8-9-24-7)18(21)16-10-14(3)15(4)17(11-16)25(22,23)19(5)6/h10-11,13H,8-9,12H2,1-7H3. The lowest BCUT2D eigenvalue weighted by Crippen LogP contribution is -2.37. The van der Waals surface area contributed by atoms with Crippen LogP contribution in [0.25, 0.3) is 0 Å². The van der Waals surface area contributed by atoms with Crippen molar-refractivity contribution in [3.63, 3.8) is 0 Å². The van der Waals surface area contributed by atoms with Gasteiger partial charge in [-0.1, -0.05) is 13.8 Å². The van der Waals surface area contributed by atoms with Gasteiger partial charge in [0.05, 0.1) is 11.5 Å². The number of hydrogen-bond donors (Lipinski definition) is 0. The number of rotatable bonds is 8. The molecular weight excluding hydrogens is 340 g/mol. The zero-order valence-corrected chi connectivity index (χ0v) is 17.1. The first kappa shape index (κ1) is 21.6. The molecule has 0 aliphatic heterocycles. The topological polar surface area (TPSA) is 66.9 Å². The fourth-order valence-corrected chi connectivity index (χ4v) is 3.73. The molecule has 0 aliphatic carbocycles. The molecule has 0 fully saturated rings. The van der Waals surface area contributed by atoms with Gasteiger partial charge >= 0.3 is 0 Å². The third-order valence-corrected chi connectivity index (χ3v) is 6.00. The van der Waals surface area contributed by atoms with Gasteiger partial charge in [-0.3, -0.25) is 4.79 Å². The molecular formula is C18H30N2O4S. The van der Waals surface area contributed by atoms with Crippen LogP contribution in [0.3, 0.4) is 0 Å². The fourth-order valence-electron chi connectivity index (χ4n) is 2.52. The van der Waals surface area contributed by atoms with Gasteiger partial charge in [0.2, 0.25) is 10.0 Å². The van der Waals surface area contributed by atoms with Crippen LogP contribution in [0, 0.1) is 19.8 Å². The first-order valence-electron chi connectivity index (χ1n) is 8.34. The highest BCUT2D eigenvalue weighted by Crippen LogP contribution is 2.24. The molecule has 1 amide bonds. The predicted octanol–water partition coefficient (Wildman–Crippen LogP) is 2.30. The van der Waals surface area contributed by atoms with E-state index in [9.17, 15) is 13.2 Å². The lowest BCUT2D eigenvalue weighted by molar-refractivity contribution is 0.0672. The second-order valence-corrected chi connectivity index (χ2v) is 8.96. The Morgan fingerprint density at radius 3 is 2.28 bits per heavy atom. The molecule has 1 rings (SSSR count). The highest BCUT2D eigenvalue weighted by molar-refractivity contribution is 7.89. The number of carbonyl (C=O) groups excluding carboxylic acids is 1. The smallest absolute Gasteiger partial charge is 0.253 e. The van der Waals surface area contributed by atoms with E-state index in [4.69, 9.17) is 4.74 Å². The third-order valence-electron chi connectivity index (χ3n) is 4.06. The predicted molar refractivity (Wildman–Crippen MR) is 99.4 cm³/mol. The van der Waals surface area contributed by atoms with E-state index in [0.29, 0.717) is 36.7 Å². The number of carbonyl (C=O) groups is 1. The Morgan fingerprint density at radius 1 is 1.20 bits per heavy atom. The van der Waals surface area contributed by atoms with Gasteiger partial charge in [-0.15, -0.1) is 0 Å². The van der Waals surface area contributed by atoms with Crippen LogP contribution in [0.4, 0.5) is 0 Å². The van der Waals surface area contributed by atoms with Gasteiger partial charge in [0.1, 0.15) is 0 Å². The summed E-state index contributed by atoms with van der Waals surface area (Å²) in [5, 5.41) is 0. The average molecular weight is 371 g/mol. The Bertz CT molecular complexity index is 712. The summed E-state index contributed by atoms with van der Waals surface area (Å²) in [5.74, 6) is 0.126. The van der Waals surface area contributed by atoms with Gasteiger partial charge in [0.25, 0.3) is 5.91 Å². The molecule has 25 heavy (non-hydrogen) atoms. The molecule has 1 aromatic rings. The van der Waals surface area contributed by atoms with Crippen molar-refractivity contribution in [3.05, 3.63) is 28.8 Å². The van der Waals surface area contributed by atoms with Crippen molar-refractivity contribution in [1.82, 2.24) is 9.21 Å². The van der Waals surface area contributed by atoms with Crippen LogP contribution >= 0.6 is 0 Å². The zero-order chi connectivity index (χ0) is 19.4. The van der Waals surface area contributed by atoms with Gasteiger partial charge in [0, 0.05) is 39.9 Å². The van der Waals surface area contributed by atoms with Crippen LogP contribution in [0.1, 0.15) is 35.3 Å². The van der Waals surface area contributed by atoms with Crippen molar-refractivity contribution in [2.45, 2.75) is 32.6 Å². The fraction of sp³-hybridized carbons (Fsp3) is 0.611. The monoisotopic (exact) mass is 370 g/mol. The summed E-state index contributed by atoms with van der Waals surface area (Å²) in [6, 6.07) is 3.24. The first-order valence-corrected chi connectivity index (χ1v) is 9.78. The van der Waals surface area contributed by atoms with Gasteiger partial charge in [-0.25, -0.2) is 12.7 Å². The molecule has 7 heteroatoms. The van der Waals surface area contributed by atoms with Crippen molar-refractivity contribution in [2.24, 2.45) is 5.92 Å². The highest BCUT2D eigenvalue weighted by Gasteiger charge is 2.25. The molecule has 0 radical (unpaired) electrons. The van der Waals surface area contributed by atoms with Crippen LogP contribution in [-0.2, 0) is 14.8 Å². The van der Waals surface area contributed by atoms with Crippen LogP contribution in [0.5, 0.6) is 0 Å². The largest absolute Gasteiger partial charge is 0.383 e. The zero-order valence-electron chi connectivity index (χ0n) is 16.3. The maximum Gasteiger partial charge on any atom is 0.253 e. The number of methoxy groups -OCH3 is 1. The van der Waals surface area contributed by atoms with Gasteiger partial charge in [-0.05, 0) is 43.0 Å². The number of benzene rings is 1. The quantitative estimate of drug-likeness (QED) is 0.704. The summed E-state index contributed by atoms with van der Waals surface area (Å²) in [5.41, 5.74) is 1.83. The maximum atomic E-state index is 13.0. The molecule has 0 saturated carbocycles. The Hall–Kier alpha value is -1.44. The molecule has 0 unspecified atom stereocenters.